The van der Waals surface area contributed by atoms with E-state index >= 15 is 0 Å². The number of rotatable bonds is 7. The summed E-state index contributed by atoms with van der Waals surface area (Å²) < 4.78 is 14.1. The zero-order valence-corrected chi connectivity index (χ0v) is 26.1. The maximum atomic E-state index is 14.1. The molecule has 0 saturated heterocycles. The Hall–Kier alpha value is -4.29. The molecule has 0 radical (unpaired) electrons. The fraction of sp³-hybridized carbons (Fsp3) is 0.303. The van der Waals surface area contributed by atoms with Crippen molar-refractivity contribution in [1.29, 1.82) is 5.26 Å². The SMILES string of the molecule is C=C1N(Cc2ccc(F)c(C#N)c2)C(Nc2cc3c(cc2C)N(C)C(C)S3)=NC(=O)N1C(/C=C(C)\C=C(/C)CC)=C/C. The molecule has 0 saturated carbocycles. The Morgan fingerprint density at radius 1 is 1.26 bits per heavy atom. The number of fused-ring (bicyclic) bond motifs is 1. The van der Waals surface area contributed by atoms with Gasteiger partial charge in [-0.1, -0.05) is 49.1 Å². The summed E-state index contributed by atoms with van der Waals surface area (Å²) in [5.41, 5.74) is 6.45. The maximum absolute atomic E-state index is 14.1. The second kappa shape index (κ2) is 12.7. The third-order valence-electron chi connectivity index (χ3n) is 7.45. The highest BCUT2D eigenvalue weighted by Crippen LogP contribution is 2.44. The zero-order valence-electron chi connectivity index (χ0n) is 25.2. The smallest absolute Gasteiger partial charge is 0.357 e. The van der Waals surface area contributed by atoms with Crippen LogP contribution in [0.1, 0.15) is 57.7 Å². The monoisotopic (exact) mass is 584 g/mol. The van der Waals surface area contributed by atoms with E-state index in [1.165, 1.54) is 22.6 Å². The highest BCUT2D eigenvalue weighted by molar-refractivity contribution is 8.00. The fourth-order valence-electron chi connectivity index (χ4n) is 4.81. The average Bonchev–Trinajstić information content (AvgIpc) is 3.22. The molecule has 2 aromatic rings. The number of carbonyl (C=O) groups is 1. The number of aryl methyl sites for hydroxylation is 1. The van der Waals surface area contributed by atoms with Crippen LogP contribution in [0.2, 0.25) is 0 Å². The number of benzene rings is 2. The first-order valence-corrected chi connectivity index (χ1v) is 14.8. The molecule has 42 heavy (non-hydrogen) atoms. The average molecular weight is 585 g/mol. The van der Waals surface area contributed by atoms with Crippen LogP contribution in [0.25, 0.3) is 0 Å². The van der Waals surface area contributed by atoms with Gasteiger partial charge in [-0.25, -0.2) is 14.1 Å². The van der Waals surface area contributed by atoms with Gasteiger partial charge in [-0.05, 0) is 88.1 Å². The molecule has 2 amide bonds. The topological polar surface area (TPSA) is 75.0 Å². The third-order valence-corrected chi connectivity index (χ3v) is 8.68. The molecule has 2 aliphatic heterocycles. The molecule has 1 atom stereocenters. The van der Waals surface area contributed by atoms with Gasteiger partial charge in [0.25, 0.3) is 0 Å². The van der Waals surface area contributed by atoms with Crippen molar-refractivity contribution in [3.8, 4) is 6.07 Å². The van der Waals surface area contributed by atoms with Crippen LogP contribution in [-0.2, 0) is 6.54 Å². The minimum Gasteiger partial charge on any atom is -0.362 e. The Morgan fingerprint density at radius 3 is 2.67 bits per heavy atom. The molecule has 9 heteroatoms. The normalized spacial score (nSPS) is 17.9. The van der Waals surface area contributed by atoms with Crippen LogP contribution in [0.3, 0.4) is 0 Å². The van der Waals surface area contributed by atoms with E-state index in [-0.39, 0.29) is 12.1 Å². The summed E-state index contributed by atoms with van der Waals surface area (Å²) in [6.45, 7) is 16.7. The van der Waals surface area contributed by atoms with Gasteiger partial charge >= 0.3 is 6.03 Å². The molecule has 218 valence electrons. The Balaban J connectivity index is 1.76. The number of aliphatic imine (C=N–C) groups is 1. The molecule has 2 aliphatic rings. The number of guanidine groups is 1. The highest BCUT2D eigenvalue weighted by atomic mass is 32.2. The first-order chi connectivity index (χ1) is 20.0. The van der Waals surface area contributed by atoms with Crippen LogP contribution in [0, 0.1) is 24.1 Å². The number of anilines is 2. The summed E-state index contributed by atoms with van der Waals surface area (Å²) in [6.07, 6.45) is 6.79. The van der Waals surface area contributed by atoms with Crippen LogP contribution in [0.4, 0.5) is 20.6 Å². The lowest BCUT2D eigenvalue weighted by atomic mass is 10.1. The summed E-state index contributed by atoms with van der Waals surface area (Å²) in [7, 11) is 2.08. The van der Waals surface area contributed by atoms with Gasteiger partial charge in [-0.3, -0.25) is 4.90 Å². The predicted molar refractivity (Wildman–Crippen MR) is 171 cm³/mol. The molecular weight excluding hydrogens is 547 g/mol. The molecule has 0 bridgehead atoms. The first kappa shape index (κ1) is 30.7. The number of carbonyl (C=O) groups excluding carboxylic acids is 1. The summed E-state index contributed by atoms with van der Waals surface area (Å²) in [5.74, 6) is 0.102. The lowest BCUT2D eigenvalue weighted by Crippen LogP contribution is -2.47. The number of urea groups is 1. The van der Waals surface area contributed by atoms with E-state index < -0.39 is 11.8 Å². The molecule has 2 aromatic carbocycles. The first-order valence-electron chi connectivity index (χ1n) is 13.9. The lowest BCUT2D eigenvalue weighted by Gasteiger charge is -2.38. The zero-order chi connectivity index (χ0) is 30.7. The lowest BCUT2D eigenvalue weighted by molar-refractivity contribution is 0.216. The number of amides is 2. The minimum atomic E-state index is -0.583. The molecule has 1 N–H and O–H groups in total. The minimum absolute atomic E-state index is 0.0509. The summed E-state index contributed by atoms with van der Waals surface area (Å²) in [5, 5.41) is 13.1. The quantitative estimate of drug-likeness (QED) is 0.330. The van der Waals surface area contributed by atoms with Crippen molar-refractivity contribution in [2.24, 2.45) is 4.99 Å². The number of hydrogen-bond acceptors (Lipinski definition) is 6. The number of allylic oxidation sites excluding steroid dienone is 5. The van der Waals surface area contributed by atoms with E-state index in [9.17, 15) is 14.4 Å². The van der Waals surface area contributed by atoms with Crippen molar-refractivity contribution >= 4 is 35.1 Å². The van der Waals surface area contributed by atoms with Crippen LogP contribution in [0.5, 0.6) is 0 Å². The van der Waals surface area contributed by atoms with Gasteiger partial charge in [0.1, 0.15) is 17.7 Å². The van der Waals surface area contributed by atoms with Gasteiger partial charge in [0.2, 0.25) is 5.96 Å². The second-order valence-electron chi connectivity index (χ2n) is 10.5. The summed E-state index contributed by atoms with van der Waals surface area (Å²) in [4.78, 5) is 24.7. The molecule has 1 unspecified atom stereocenters. The van der Waals surface area contributed by atoms with Crippen molar-refractivity contribution in [3.05, 3.63) is 100 Å². The van der Waals surface area contributed by atoms with E-state index in [1.54, 1.807) is 22.7 Å². The van der Waals surface area contributed by atoms with Crippen LogP contribution < -0.4 is 10.2 Å². The second-order valence-corrected chi connectivity index (χ2v) is 11.9. The molecule has 7 nitrogen and oxygen atoms in total. The van der Waals surface area contributed by atoms with Gasteiger partial charge in [-0.15, -0.1) is 0 Å². The van der Waals surface area contributed by atoms with E-state index in [1.807, 2.05) is 39.0 Å². The Morgan fingerprint density at radius 2 is 2.00 bits per heavy atom. The predicted octanol–water partition coefficient (Wildman–Crippen LogP) is 8.28. The Labute approximate surface area is 252 Å². The maximum Gasteiger partial charge on any atom is 0.357 e. The molecule has 0 aliphatic carbocycles. The van der Waals surface area contributed by atoms with Crippen molar-refractivity contribution < 1.29 is 9.18 Å². The van der Waals surface area contributed by atoms with E-state index in [4.69, 9.17) is 0 Å². The van der Waals surface area contributed by atoms with Crippen molar-refractivity contribution in [3.63, 3.8) is 0 Å². The molecular formula is C33H37FN6OS. The van der Waals surface area contributed by atoms with Gasteiger partial charge in [0, 0.05) is 23.3 Å². The number of nitrogens with zero attached hydrogens (tertiary/aromatic N) is 5. The number of nitriles is 1. The Bertz CT molecular complexity index is 1600. The highest BCUT2D eigenvalue weighted by Gasteiger charge is 2.33. The number of hydrogen-bond donors (Lipinski definition) is 1. The number of nitrogens with one attached hydrogen (secondary N) is 1. The molecule has 0 fully saturated rings. The van der Waals surface area contributed by atoms with E-state index in [0.29, 0.717) is 28.4 Å². The standard InChI is InChI=1S/C33H37FN6OS/c1-9-20(3)13-21(4)14-27(10-2)40-23(6)39(19-25-11-12-28(34)26(16-25)18-35)32(37-33(40)41)36-29-17-31-30(15-22(29)5)38(8)24(7)42-31/h10-17,24H,6,9,19H2,1-5,7-8H3,(H,36,37,41)/b20-13+,21-14-,27-10+. The van der Waals surface area contributed by atoms with Crippen LogP contribution in [-0.4, -0.2) is 34.2 Å². The van der Waals surface area contributed by atoms with Gasteiger partial charge in [0.15, 0.2) is 0 Å². The van der Waals surface area contributed by atoms with Gasteiger partial charge in [-0.2, -0.15) is 10.3 Å². The van der Waals surface area contributed by atoms with Crippen LogP contribution in [0.15, 0.2) is 87.7 Å². The Kier molecular flexibility index (Phi) is 9.27. The van der Waals surface area contributed by atoms with Crippen molar-refractivity contribution in [2.45, 2.75) is 64.8 Å². The molecule has 0 aromatic heterocycles. The van der Waals surface area contributed by atoms with Crippen molar-refractivity contribution in [1.82, 2.24) is 9.80 Å². The number of thioether (sulfide) groups is 1. The molecule has 2 heterocycles. The molecule has 4 rings (SSSR count). The summed E-state index contributed by atoms with van der Waals surface area (Å²) in [6, 6.07) is 10.0. The van der Waals surface area contributed by atoms with Crippen molar-refractivity contribution in [2.75, 3.05) is 17.3 Å². The van der Waals surface area contributed by atoms with E-state index in [0.717, 1.165) is 33.8 Å². The van der Waals surface area contributed by atoms with E-state index in [2.05, 4.69) is 67.8 Å². The molecule has 0 spiro atoms. The number of halogens is 1. The van der Waals surface area contributed by atoms with Crippen LogP contribution >= 0.6 is 11.8 Å². The van der Waals surface area contributed by atoms with Gasteiger partial charge in [0.05, 0.1) is 23.2 Å². The fourth-order valence-corrected chi connectivity index (χ4v) is 5.96. The summed E-state index contributed by atoms with van der Waals surface area (Å²) >= 11 is 1.77. The van der Waals surface area contributed by atoms with Gasteiger partial charge < -0.3 is 10.2 Å². The largest absolute Gasteiger partial charge is 0.362 e. The third kappa shape index (κ3) is 6.29.